The number of benzene rings is 1. The van der Waals surface area contributed by atoms with Crippen LogP contribution >= 0.6 is 27.3 Å². The number of fused-ring (bicyclic) bond motifs is 1. The number of carbonyl (C=O) groups excluding carboxylic acids is 1. The Hall–Kier alpha value is -1.14. The number of ether oxygens (including phenoxy) is 1. The lowest BCUT2D eigenvalue weighted by Crippen LogP contribution is -2.03. The molecule has 0 aliphatic carbocycles. The zero-order valence-corrected chi connectivity index (χ0v) is 10.1. The van der Waals surface area contributed by atoms with Crippen LogP contribution in [0.3, 0.4) is 0 Å². The van der Waals surface area contributed by atoms with Gasteiger partial charge in [-0.25, -0.2) is 4.79 Å². The van der Waals surface area contributed by atoms with Gasteiger partial charge in [-0.2, -0.15) is 0 Å². The Morgan fingerprint density at radius 2 is 2.27 bits per heavy atom. The van der Waals surface area contributed by atoms with E-state index < -0.39 is 5.97 Å². The molecule has 15 heavy (non-hydrogen) atoms. The molecular weight excluding hydrogens is 282 g/mol. The van der Waals surface area contributed by atoms with Gasteiger partial charge in [-0.05, 0) is 12.1 Å². The summed E-state index contributed by atoms with van der Waals surface area (Å²) in [6, 6.07) is 3.40. The molecule has 0 radical (unpaired) electrons. The van der Waals surface area contributed by atoms with Crippen molar-refractivity contribution >= 4 is 43.5 Å². The maximum absolute atomic E-state index is 11.4. The molecule has 1 heterocycles. The van der Waals surface area contributed by atoms with Gasteiger partial charge in [0.05, 0.1) is 22.9 Å². The van der Waals surface area contributed by atoms with E-state index in [-0.39, 0.29) is 4.87 Å². The standard InChI is InChI=1S/C9H6BrNO3S/c1-14-8(12)5-2-4(10)3-6-7(5)11-9(13)15-6/h2-3H,1H3,(H,11,13). The first-order valence-electron chi connectivity index (χ1n) is 4.02. The summed E-state index contributed by atoms with van der Waals surface area (Å²) in [7, 11) is 1.31. The SMILES string of the molecule is COC(=O)c1cc(Br)cc2sc(=O)[nH]c12. The number of thiazole rings is 1. The van der Waals surface area contributed by atoms with E-state index in [1.54, 1.807) is 12.1 Å². The largest absolute Gasteiger partial charge is 0.465 e. The minimum atomic E-state index is -0.463. The second kappa shape index (κ2) is 3.79. The summed E-state index contributed by atoms with van der Waals surface area (Å²) in [5.74, 6) is -0.463. The molecule has 0 bridgehead atoms. The number of nitrogens with one attached hydrogen (secondary N) is 1. The van der Waals surface area contributed by atoms with Crippen LogP contribution in [0.1, 0.15) is 10.4 Å². The van der Waals surface area contributed by atoms with E-state index in [1.807, 2.05) is 0 Å². The van der Waals surface area contributed by atoms with Crippen molar-refractivity contribution in [3.05, 3.63) is 31.8 Å². The van der Waals surface area contributed by atoms with Crippen LogP contribution in [0.5, 0.6) is 0 Å². The third kappa shape index (κ3) is 1.82. The molecule has 0 amide bonds. The van der Waals surface area contributed by atoms with Gasteiger partial charge in [0.15, 0.2) is 0 Å². The lowest BCUT2D eigenvalue weighted by atomic mass is 10.2. The molecule has 0 saturated carbocycles. The van der Waals surface area contributed by atoms with Crippen LogP contribution in [0.2, 0.25) is 0 Å². The molecule has 0 spiro atoms. The second-order valence-corrected chi connectivity index (χ2v) is 4.76. The van der Waals surface area contributed by atoms with Gasteiger partial charge in [-0.15, -0.1) is 0 Å². The first-order chi connectivity index (χ1) is 7.11. The smallest absolute Gasteiger partial charge is 0.340 e. The summed E-state index contributed by atoms with van der Waals surface area (Å²) in [5.41, 5.74) is 0.889. The van der Waals surface area contributed by atoms with Crippen molar-refractivity contribution in [2.45, 2.75) is 0 Å². The van der Waals surface area contributed by atoms with Crippen LogP contribution < -0.4 is 4.87 Å². The average Bonchev–Trinajstić information content (AvgIpc) is 2.55. The number of carbonyl (C=O) groups is 1. The quantitative estimate of drug-likeness (QED) is 0.818. The summed E-state index contributed by atoms with van der Waals surface area (Å²) >= 11 is 4.33. The topological polar surface area (TPSA) is 59.2 Å². The third-order valence-electron chi connectivity index (χ3n) is 1.90. The van der Waals surface area contributed by atoms with E-state index in [1.165, 1.54) is 7.11 Å². The molecule has 1 N–H and O–H groups in total. The van der Waals surface area contributed by atoms with Crippen molar-refractivity contribution in [1.82, 2.24) is 4.98 Å². The van der Waals surface area contributed by atoms with Gasteiger partial charge >= 0.3 is 10.8 Å². The van der Waals surface area contributed by atoms with Crippen molar-refractivity contribution in [3.8, 4) is 0 Å². The van der Waals surface area contributed by atoms with Crippen LogP contribution in [0.25, 0.3) is 10.2 Å². The highest BCUT2D eigenvalue weighted by Crippen LogP contribution is 2.24. The number of H-pyrrole nitrogens is 1. The minimum Gasteiger partial charge on any atom is -0.465 e. The van der Waals surface area contributed by atoms with Gasteiger partial charge in [0, 0.05) is 4.47 Å². The zero-order valence-electron chi connectivity index (χ0n) is 7.67. The molecule has 0 saturated heterocycles. The third-order valence-corrected chi connectivity index (χ3v) is 3.19. The van der Waals surface area contributed by atoms with E-state index in [2.05, 4.69) is 25.7 Å². The van der Waals surface area contributed by atoms with Crippen LogP contribution in [0, 0.1) is 0 Å². The zero-order chi connectivity index (χ0) is 11.0. The van der Waals surface area contributed by atoms with Gasteiger partial charge in [0.2, 0.25) is 0 Å². The molecule has 78 valence electrons. The number of hydrogen-bond donors (Lipinski definition) is 1. The van der Waals surface area contributed by atoms with Gasteiger partial charge in [-0.3, -0.25) is 4.79 Å². The molecule has 0 aliphatic heterocycles. The highest BCUT2D eigenvalue weighted by Gasteiger charge is 2.13. The molecular formula is C9H6BrNO3S. The molecule has 2 rings (SSSR count). The molecule has 1 aromatic heterocycles. The molecule has 6 heteroatoms. The number of rotatable bonds is 1. The Bertz CT molecular complexity index is 587. The first kappa shape index (κ1) is 10.4. The molecule has 0 atom stereocenters. The van der Waals surface area contributed by atoms with Crippen LogP contribution in [0.15, 0.2) is 21.4 Å². The second-order valence-electron chi connectivity index (χ2n) is 2.83. The fraction of sp³-hybridized carbons (Fsp3) is 0.111. The monoisotopic (exact) mass is 287 g/mol. The van der Waals surface area contributed by atoms with E-state index in [0.717, 1.165) is 20.5 Å². The summed E-state index contributed by atoms with van der Waals surface area (Å²) < 4.78 is 6.10. The first-order valence-corrected chi connectivity index (χ1v) is 5.63. The highest BCUT2D eigenvalue weighted by molar-refractivity contribution is 9.10. The van der Waals surface area contributed by atoms with Crippen molar-refractivity contribution < 1.29 is 9.53 Å². The van der Waals surface area contributed by atoms with Gasteiger partial charge in [0.25, 0.3) is 0 Å². The molecule has 1 aromatic carbocycles. The summed E-state index contributed by atoms with van der Waals surface area (Å²) in [4.78, 5) is 25.0. The number of esters is 1. The molecule has 2 aromatic rings. The maximum Gasteiger partial charge on any atom is 0.340 e. The average molecular weight is 288 g/mol. The van der Waals surface area contributed by atoms with Crippen molar-refractivity contribution in [2.75, 3.05) is 7.11 Å². The lowest BCUT2D eigenvalue weighted by Gasteiger charge is -2.01. The van der Waals surface area contributed by atoms with Gasteiger partial charge in [-0.1, -0.05) is 27.3 Å². The van der Waals surface area contributed by atoms with Gasteiger partial charge < -0.3 is 9.72 Å². The predicted molar refractivity (Wildman–Crippen MR) is 61.5 cm³/mol. The fourth-order valence-electron chi connectivity index (χ4n) is 1.29. The lowest BCUT2D eigenvalue weighted by molar-refractivity contribution is 0.0602. The van der Waals surface area contributed by atoms with Crippen LogP contribution in [-0.2, 0) is 4.74 Å². The van der Waals surface area contributed by atoms with Crippen molar-refractivity contribution in [2.24, 2.45) is 0 Å². The molecule has 0 fully saturated rings. The van der Waals surface area contributed by atoms with Crippen LogP contribution in [-0.4, -0.2) is 18.1 Å². The molecule has 0 aliphatic rings. The molecule has 4 nitrogen and oxygen atoms in total. The van der Waals surface area contributed by atoms with Crippen LogP contribution in [0.4, 0.5) is 0 Å². The fourth-order valence-corrected chi connectivity index (χ4v) is 2.70. The van der Waals surface area contributed by atoms with Crippen molar-refractivity contribution in [3.63, 3.8) is 0 Å². The normalized spacial score (nSPS) is 10.5. The highest BCUT2D eigenvalue weighted by atomic mass is 79.9. The predicted octanol–water partition coefficient (Wildman–Crippen LogP) is 2.14. The summed E-state index contributed by atoms with van der Waals surface area (Å²) in [5, 5.41) is 0. The van der Waals surface area contributed by atoms with E-state index in [0.29, 0.717) is 11.1 Å². The number of aromatic amines is 1. The number of hydrogen-bond acceptors (Lipinski definition) is 4. The Morgan fingerprint density at radius 1 is 1.53 bits per heavy atom. The summed E-state index contributed by atoms with van der Waals surface area (Å²) in [6.07, 6.45) is 0. The Labute approximate surface area is 97.0 Å². The Morgan fingerprint density at radius 3 is 2.93 bits per heavy atom. The van der Waals surface area contributed by atoms with E-state index >= 15 is 0 Å². The van der Waals surface area contributed by atoms with E-state index in [4.69, 9.17) is 0 Å². The van der Waals surface area contributed by atoms with E-state index in [9.17, 15) is 9.59 Å². The number of halogens is 1. The Kier molecular flexibility index (Phi) is 2.62. The van der Waals surface area contributed by atoms with Gasteiger partial charge in [0.1, 0.15) is 0 Å². The minimum absolute atomic E-state index is 0.187. The number of aromatic nitrogens is 1. The number of methoxy groups -OCH3 is 1. The summed E-state index contributed by atoms with van der Waals surface area (Å²) in [6.45, 7) is 0. The maximum atomic E-state index is 11.4. The van der Waals surface area contributed by atoms with Crippen molar-refractivity contribution in [1.29, 1.82) is 0 Å². The molecule has 0 unspecified atom stereocenters. The Balaban J connectivity index is 2.81.